The third-order valence-electron chi connectivity index (χ3n) is 3.96. The molecule has 0 radical (unpaired) electrons. The molecule has 1 atom stereocenters. The number of carbonyl (C=O) groups is 2. The Morgan fingerprint density at radius 2 is 2.12 bits per heavy atom. The zero-order chi connectivity index (χ0) is 19.1. The van der Waals surface area contributed by atoms with Gasteiger partial charge in [-0.1, -0.05) is 12.1 Å². The number of non-ortho nitro benzene ring substituents is 1. The molecule has 1 N–H and O–H groups in total. The van der Waals surface area contributed by atoms with Gasteiger partial charge in [-0.2, -0.15) is 0 Å². The highest BCUT2D eigenvalue weighted by Crippen LogP contribution is 2.23. The first-order valence-corrected chi connectivity index (χ1v) is 7.94. The lowest BCUT2D eigenvalue weighted by atomic mass is 10.1. The maximum Gasteiger partial charge on any atom is 0.271 e. The molecule has 0 spiro atoms. The second kappa shape index (κ2) is 8.65. The quantitative estimate of drug-likeness (QED) is 0.595. The molecule has 0 fully saturated rings. The number of hydrogen-bond acceptors (Lipinski definition) is 6. The molecule has 0 aliphatic carbocycles. The minimum Gasteiger partial charge on any atom is -0.350 e. The molecule has 26 heavy (non-hydrogen) atoms. The number of carbonyl (C=O) groups excluding carboxylic acids is 2. The number of nitro groups is 1. The van der Waals surface area contributed by atoms with Gasteiger partial charge in [0.2, 0.25) is 5.91 Å². The normalized spacial score (nSPS) is 11.5. The van der Waals surface area contributed by atoms with Crippen LogP contribution in [0.4, 0.5) is 5.69 Å². The van der Waals surface area contributed by atoms with E-state index in [4.69, 9.17) is 0 Å². The lowest BCUT2D eigenvalue weighted by molar-refractivity contribution is -0.384. The Bertz CT molecular complexity index is 797. The number of aromatic nitrogens is 2. The second-order valence-electron chi connectivity index (χ2n) is 5.63. The average Bonchev–Trinajstić information content (AvgIpc) is 2.67. The van der Waals surface area contributed by atoms with Gasteiger partial charge in [0.15, 0.2) is 0 Å². The molecular formula is C17H19N5O4. The van der Waals surface area contributed by atoms with Crippen LogP contribution in [-0.4, -0.2) is 45.2 Å². The molecule has 136 valence electrons. The van der Waals surface area contributed by atoms with Crippen molar-refractivity contribution in [2.45, 2.75) is 19.4 Å². The van der Waals surface area contributed by atoms with Crippen molar-refractivity contribution in [3.05, 3.63) is 64.2 Å². The van der Waals surface area contributed by atoms with E-state index in [1.165, 1.54) is 35.6 Å². The van der Waals surface area contributed by atoms with Crippen LogP contribution < -0.4 is 5.32 Å². The third-order valence-corrected chi connectivity index (χ3v) is 3.96. The molecule has 1 aromatic heterocycles. The zero-order valence-corrected chi connectivity index (χ0v) is 14.5. The summed E-state index contributed by atoms with van der Waals surface area (Å²) in [7, 11) is 1.62. The van der Waals surface area contributed by atoms with Gasteiger partial charge in [-0.25, -0.2) is 4.98 Å². The van der Waals surface area contributed by atoms with Crippen LogP contribution in [0.1, 0.15) is 35.4 Å². The van der Waals surface area contributed by atoms with Crippen molar-refractivity contribution in [2.24, 2.45) is 0 Å². The van der Waals surface area contributed by atoms with Crippen molar-refractivity contribution in [1.29, 1.82) is 0 Å². The van der Waals surface area contributed by atoms with Crippen molar-refractivity contribution >= 4 is 17.5 Å². The molecule has 9 heteroatoms. The van der Waals surface area contributed by atoms with Gasteiger partial charge in [0.05, 0.1) is 17.2 Å². The topological polar surface area (TPSA) is 118 Å². The van der Waals surface area contributed by atoms with Gasteiger partial charge in [0.25, 0.3) is 11.6 Å². The third kappa shape index (κ3) is 4.82. The molecule has 9 nitrogen and oxygen atoms in total. The van der Waals surface area contributed by atoms with E-state index in [1.54, 1.807) is 26.1 Å². The average molecular weight is 357 g/mol. The summed E-state index contributed by atoms with van der Waals surface area (Å²) >= 11 is 0. The first-order chi connectivity index (χ1) is 12.4. The summed E-state index contributed by atoms with van der Waals surface area (Å²) in [6, 6.07) is 5.84. The summed E-state index contributed by atoms with van der Waals surface area (Å²) in [5.41, 5.74) is 0.823. The predicted octanol–water partition coefficient (Wildman–Crippen LogP) is 1.72. The largest absolute Gasteiger partial charge is 0.350 e. The number of hydrogen-bond donors (Lipinski definition) is 1. The van der Waals surface area contributed by atoms with Gasteiger partial charge in [-0.3, -0.25) is 24.7 Å². The van der Waals surface area contributed by atoms with Crippen molar-refractivity contribution in [3.8, 4) is 0 Å². The number of nitro benzene ring substituents is 1. The Morgan fingerprint density at radius 3 is 2.77 bits per heavy atom. The van der Waals surface area contributed by atoms with Crippen molar-refractivity contribution in [3.63, 3.8) is 0 Å². The van der Waals surface area contributed by atoms with Gasteiger partial charge >= 0.3 is 0 Å². The molecular weight excluding hydrogens is 338 g/mol. The zero-order valence-electron chi connectivity index (χ0n) is 14.5. The molecule has 1 aromatic carbocycles. The van der Waals surface area contributed by atoms with Crippen molar-refractivity contribution < 1.29 is 14.5 Å². The molecule has 0 saturated carbocycles. The van der Waals surface area contributed by atoms with Gasteiger partial charge in [0, 0.05) is 44.5 Å². The van der Waals surface area contributed by atoms with Crippen LogP contribution in [0, 0.1) is 10.1 Å². The summed E-state index contributed by atoms with van der Waals surface area (Å²) in [5, 5.41) is 13.5. The van der Waals surface area contributed by atoms with Crippen LogP contribution in [0.3, 0.4) is 0 Å². The van der Waals surface area contributed by atoms with E-state index in [-0.39, 0.29) is 36.3 Å². The molecule has 1 heterocycles. The fourth-order valence-corrected chi connectivity index (χ4v) is 2.30. The molecule has 2 aromatic rings. The monoisotopic (exact) mass is 357 g/mol. The molecule has 0 aliphatic heterocycles. The summed E-state index contributed by atoms with van der Waals surface area (Å²) in [6.07, 6.45) is 4.31. The summed E-state index contributed by atoms with van der Waals surface area (Å²) in [5.74, 6) is -0.594. The van der Waals surface area contributed by atoms with Crippen LogP contribution >= 0.6 is 0 Å². The number of amides is 2. The minimum absolute atomic E-state index is 0.0218. The number of benzene rings is 1. The Morgan fingerprint density at radius 1 is 1.35 bits per heavy atom. The van der Waals surface area contributed by atoms with E-state index in [0.717, 1.165) is 0 Å². The van der Waals surface area contributed by atoms with Gasteiger partial charge in [-0.05, 0) is 12.5 Å². The minimum atomic E-state index is -0.472. The second-order valence-corrected chi connectivity index (χ2v) is 5.63. The predicted molar refractivity (Wildman–Crippen MR) is 93.3 cm³/mol. The maximum atomic E-state index is 12.3. The van der Waals surface area contributed by atoms with Crippen LogP contribution in [0.15, 0.2) is 42.9 Å². The van der Waals surface area contributed by atoms with Crippen LogP contribution in [0.2, 0.25) is 0 Å². The Labute approximate surface area is 150 Å². The molecule has 2 amide bonds. The fraction of sp³-hybridized carbons (Fsp3) is 0.294. The Balaban J connectivity index is 1.89. The van der Waals surface area contributed by atoms with E-state index in [9.17, 15) is 19.7 Å². The first kappa shape index (κ1) is 19.0. The summed E-state index contributed by atoms with van der Waals surface area (Å²) in [6.45, 7) is 1.94. The molecule has 0 aliphatic rings. The van der Waals surface area contributed by atoms with Crippen LogP contribution in [-0.2, 0) is 4.79 Å². The summed E-state index contributed by atoms with van der Waals surface area (Å²) in [4.78, 5) is 43.7. The maximum absolute atomic E-state index is 12.3. The lowest BCUT2D eigenvalue weighted by Gasteiger charge is -2.25. The fourth-order valence-electron chi connectivity index (χ4n) is 2.30. The van der Waals surface area contributed by atoms with E-state index < -0.39 is 10.8 Å². The van der Waals surface area contributed by atoms with Gasteiger partial charge in [0.1, 0.15) is 5.69 Å². The van der Waals surface area contributed by atoms with E-state index in [2.05, 4.69) is 15.3 Å². The Kier molecular flexibility index (Phi) is 6.31. The highest BCUT2D eigenvalue weighted by atomic mass is 16.6. The smallest absolute Gasteiger partial charge is 0.271 e. The molecule has 0 bridgehead atoms. The van der Waals surface area contributed by atoms with E-state index in [1.807, 2.05) is 0 Å². The SMILES string of the molecule is C[C@@H](c1cccc([N+](=O)[O-])c1)N(C)C(=O)CCNC(=O)c1cnccn1. The van der Waals surface area contributed by atoms with Gasteiger partial charge < -0.3 is 10.2 Å². The van der Waals surface area contributed by atoms with Gasteiger partial charge in [-0.15, -0.1) is 0 Å². The molecule has 0 unspecified atom stereocenters. The van der Waals surface area contributed by atoms with Crippen molar-refractivity contribution in [2.75, 3.05) is 13.6 Å². The van der Waals surface area contributed by atoms with Crippen LogP contribution in [0.25, 0.3) is 0 Å². The lowest BCUT2D eigenvalue weighted by Crippen LogP contribution is -2.34. The number of rotatable bonds is 7. The van der Waals surface area contributed by atoms with E-state index >= 15 is 0 Å². The van der Waals surface area contributed by atoms with Crippen molar-refractivity contribution in [1.82, 2.24) is 20.2 Å². The highest BCUT2D eigenvalue weighted by Gasteiger charge is 2.19. The molecule has 2 rings (SSSR count). The first-order valence-electron chi connectivity index (χ1n) is 7.94. The van der Waals surface area contributed by atoms with E-state index in [0.29, 0.717) is 5.56 Å². The number of nitrogens with one attached hydrogen (secondary N) is 1. The highest BCUT2D eigenvalue weighted by molar-refractivity contribution is 5.92. The summed E-state index contributed by atoms with van der Waals surface area (Å²) < 4.78 is 0. The Hall–Kier alpha value is -3.36. The standard InChI is InChI=1S/C17H19N5O4/c1-12(13-4-3-5-14(10-13)22(25)26)21(2)16(23)6-7-20-17(24)15-11-18-8-9-19-15/h3-5,8-12H,6-7H2,1-2H3,(H,20,24)/t12-/m0/s1. The van der Waals surface area contributed by atoms with Crippen LogP contribution in [0.5, 0.6) is 0 Å². The molecule has 0 saturated heterocycles. The number of nitrogens with zero attached hydrogens (tertiary/aromatic N) is 4.